The SMILES string of the molecule is CN=C(NCC1CCCOC1c1ccccc1)N1CCC(CC(=O)NC)CC1. The van der Waals surface area contributed by atoms with E-state index in [9.17, 15) is 4.79 Å². The van der Waals surface area contributed by atoms with Gasteiger partial charge in [0.2, 0.25) is 5.91 Å². The Hall–Kier alpha value is -2.08. The van der Waals surface area contributed by atoms with Crippen molar-refractivity contribution in [3.8, 4) is 0 Å². The first-order valence-corrected chi connectivity index (χ1v) is 10.5. The van der Waals surface area contributed by atoms with Crippen molar-refractivity contribution in [1.82, 2.24) is 15.5 Å². The zero-order valence-corrected chi connectivity index (χ0v) is 17.2. The lowest BCUT2D eigenvalue weighted by Crippen LogP contribution is -2.48. The lowest BCUT2D eigenvalue weighted by atomic mass is 9.89. The van der Waals surface area contributed by atoms with Gasteiger partial charge < -0.3 is 20.3 Å². The minimum Gasteiger partial charge on any atom is -0.373 e. The number of benzene rings is 1. The van der Waals surface area contributed by atoms with Gasteiger partial charge in [0.15, 0.2) is 5.96 Å². The van der Waals surface area contributed by atoms with Crippen LogP contribution >= 0.6 is 0 Å². The average Bonchev–Trinajstić information content (AvgIpc) is 2.76. The molecule has 2 aliphatic rings. The van der Waals surface area contributed by atoms with Crippen LogP contribution in [0.4, 0.5) is 0 Å². The van der Waals surface area contributed by atoms with E-state index in [4.69, 9.17) is 4.74 Å². The summed E-state index contributed by atoms with van der Waals surface area (Å²) in [6.45, 7) is 3.60. The maximum Gasteiger partial charge on any atom is 0.220 e. The molecule has 2 heterocycles. The fraction of sp³-hybridized carbons (Fsp3) is 0.636. The molecule has 0 bridgehead atoms. The Labute approximate surface area is 168 Å². The van der Waals surface area contributed by atoms with Gasteiger partial charge in [-0.15, -0.1) is 0 Å². The third-order valence-electron chi connectivity index (χ3n) is 5.97. The minimum atomic E-state index is 0.144. The van der Waals surface area contributed by atoms with Crippen LogP contribution in [0.15, 0.2) is 35.3 Å². The van der Waals surface area contributed by atoms with E-state index in [1.165, 1.54) is 5.56 Å². The van der Waals surface area contributed by atoms with E-state index in [0.717, 1.165) is 57.9 Å². The highest BCUT2D eigenvalue weighted by Crippen LogP contribution is 2.33. The van der Waals surface area contributed by atoms with Crippen molar-refractivity contribution in [2.75, 3.05) is 40.3 Å². The summed E-state index contributed by atoms with van der Waals surface area (Å²) in [7, 11) is 3.56. The first kappa shape index (κ1) is 20.6. The smallest absolute Gasteiger partial charge is 0.220 e. The number of hydrogen-bond donors (Lipinski definition) is 2. The summed E-state index contributed by atoms with van der Waals surface area (Å²) in [6.07, 6.45) is 5.13. The van der Waals surface area contributed by atoms with E-state index in [-0.39, 0.29) is 12.0 Å². The molecule has 0 spiro atoms. The number of carbonyl (C=O) groups excluding carboxylic acids is 1. The molecule has 2 atom stereocenters. The van der Waals surface area contributed by atoms with Crippen LogP contribution in [0.3, 0.4) is 0 Å². The molecule has 2 saturated heterocycles. The minimum absolute atomic E-state index is 0.144. The second kappa shape index (κ2) is 10.5. The molecular weight excluding hydrogens is 352 g/mol. The molecule has 0 radical (unpaired) electrons. The topological polar surface area (TPSA) is 66.0 Å². The van der Waals surface area contributed by atoms with Crippen LogP contribution in [0.1, 0.15) is 43.8 Å². The fourth-order valence-electron chi connectivity index (χ4n) is 4.33. The standard InChI is InChI=1S/C22H34N4O2/c1-23-20(27)15-17-10-12-26(13-11-17)22(24-2)25-16-19-9-6-14-28-21(19)18-7-4-3-5-8-18/h3-5,7-8,17,19,21H,6,9-16H2,1-2H3,(H,23,27)(H,24,25). The first-order valence-electron chi connectivity index (χ1n) is 10.5. The van der Waals surface area contributed by atoms with Crippen molar-refractivity contribution in [2.24, 2.45) is 16.8 Å². The molecule has 28 heavy (non-hydrogen) atoms. The first-order chi connectivity index (χ1) is 13.7. The molecule has 1 aromatic rings. The number of ether oxygens (including phenoxy) is 1. The van der Waals surface area contributed by atoms with Crippen molar-refractivity contribution >= 4 is 11.9 Å². The number of likely N-dealkylation sites (tertiary alicyclic amines) is 1. The van der Waals surface area contributed by atoms with Gasteiger partial charge >= 0.3 is 0 Å². The molecule has 6 heteroatoms. The number of guanidine groups is 1. The maximum atomic E-state index is 11.6. The molecule has 154 valence electrons. The molecule has 2 N–H and O–H groups in total. The number of rotatable bonds is 5. The predicted molar refractivity (Wildman–Crippen MR) is 112 cm³/mol. The van der Waals surface area contributed by atoms with Gasteiger partial charge in [-0.3, -0.25) is 9.79 Å². The molecule has 2 unspecified atom stereocenters. The Balaban J connectivity index is 1.51. The number of nitrogens with zero attached hydrogens (tertiary/aromatic N) is 2. The van der Waals surface area contributed by atoms with Gasteiger partial charge in [-0.05, 0) is 37.2 Å². The average molecular weight is 387 g/mol. The summed E-state index contributed by atoms with van der Waals surface area (Å²) in [6, 6.07) is 10.5. The molecule has 3 rings (SSSR count). The van der Waals surface area contributed by atoms with Gasteiger partial charge in [-0.2, -0.15) is 0 Å². The summed E-state index contributed by atoms with van der Waals surface area (Å²) >= 11 is 0. The van der Waals surface area contributed by atoms with E-state index in [1.54, 1.807) is 7.05 Å². The molecule has 0 saturated carbocycles. The van der Waals surface area contributed by atoms with Crippen molar-refractivity contribution in [3.63, 3.8) is 0 Å². The van der Waals surface area contributed by atoms with Crippen LogP contribution in [0.25, 0.3) is 0 Å². The monoisotopic (exact) mass is 386 g/mol. The Kier molecular flexibility index (Phi) is 7.71. The van der Waals surface area contributed by atoms with Crippen molar-refractivity contribution < 1.29 is 9.53 Å². The maximum absolute atomic E-state index is 11.6. The second-order valence-corrected chi connectivity index (χ2v) is 7.84. The van der Waals surface area contributed by atoms with Gasteiger partial charge in [0.05, 0.1) is 6.10 Å². The molecular formula is C22H34N4O2. The van der Waals surface area contributed by atoms with E-state index in [1.807, 2.05) is 7.05 Å². The Morgan fingerprint density at radius 1 is 1.21 bits per heavy atom. The molecule has 0 aliphatic carbocycles. The Morgan fingerprint density at radius 3 is 2.64 bits per heavy atom. The van der Waals surface area contributed by atoms with Crippen molar-refractivity contribution in [3.05, 3.63) is 35.9 Å². The van der Waals surface area contributed by atoms with Gasteiger partial charge in [0, 0.05) is 52.7 Å². The van der Waals surface area contributed by atoms with Crippen molar-refractivity contribution in [1.29, 1.82) is 0 Å². The molecule has 2 fully saturated rings. The van der Waals surface area contributed by atoms with Crippen LogP contribution < -0.4 is 10.6 Å². The predicted octanol–water partition coefficient (Wildman–Crippen LogP) is 2.58. The summed E-state index contributed by atoms with van der Waals surface area (Å²) < 4.78 is 6.12. The van der Waals surface area contributed by atoms with E-state index < -0.39 is 0 Å². The lowest BCUT2D eigenvalue weighted by Gasteiger charge is -2.36. The molecule has 0 aromatic heterocycles. The van der Waals surface area contributed by atoms with E-state index >= 15 is 0 Å². The van der Waals surface area contributed by atoms with Gasteiger partial charge in [0.25, 0.3) is 0 Å². The Morgan fingerprint density at radius 2 is 1.96 bits per heavy atom. The Bertz CT molecular complexity index is 641. The normalized spacial score (nSPS) is 24.1. The summed E-state index contributed by atoms with van der Waals surface area (Å²) in [5.74, 6) is 2.03. The van der Waals surface area contributed by atoms with Crippen LogP contribution in [0.5, 0.6) is 0 Å². The van der Waals surface area contributed by atoms with Crippen molar-refractivity contribution in [2.45, 2.75) is 38.2 Å². The third kappa shape index (κ3) is 5.47. The molecule has 1 amide bonds. The van der Waals surface area contributed by atoms with Gasteiger partial charge in [0.1, 0.15) is 0 Å². The molecule has 2 aliphatic heterocycles. The number of hydrogen-bond acceptors (Lipinski definition) is 3. The van der Waals surface area contributed by atoms with Crippen LogP contribution in [0.2, 0.25) is 0 Å². The summed E-state index contributed by atoms with van der Waals surface area (Å²) in [5, 5.41) is 6.32. The zero-order chi connectivity index (χ0) is 19.8. The molecule has 1 aromatic carbocycles. The number of amides is 1. The van der Waals surface area contributed by atoms with Gasteiger partial charge in [-0.1, -0.05) is 30.3 Å². The highest BCUT2D eigenvalue weighted by atomic mass is 16.5. The van der Waals surface area contributed by atoms with E-state index in [2.05, 4.69) is 50.9 Å². The summed E-state index contributed by atoms with van der Waals surface area (Å²) in [4.78, 5) is 18.4. The van der Waals surface area contributed by atoms with Crippen LogP contribution in [-0.4, -0.2) is 57.1 Å². The number of carbonyl (C=O) groups is 1. The quantitative estimate of drug-likeness (QED) is 0.603. The lowest BCUT2D eigenvalue weighted by molar-refractivity contribution is -0.121. The zero-order valence-electron chi connectivity index (χ0n) is 17.2. The van der Waals surface area contributed by atoms with E-state index in [0.29, 0.717) is 18.3 Å². The van der Waals surface area contributed by atoms with Gasteiger partial charge in [-0.25, -0.2) is 0 Å². The number of nitrogens with one attached hydrogen (secondary N) is 2. The highest BCUT2D eigenvalue weighted by Gasteiger charge is 2.28. The fourth-order valence-corrected chi connectivity index (χ4v) is 4.33. The second-order valence-electron chi connectivity index (χ2n) is 7.84. The van der Waals surface area contributed by atoms with Crippen LogP contribution in [0, 0.1) is 11.8 Å². The van der Waals surface area contributed by atoms with Crippen LogP contribution in [-0.2, 0) is 9.53 Å². The number of aliphatic imine (C=N–C) groups is 1. The highest BCUT2D eigenvalue weighted by molar-refractivity contribution is 5.80. The number of piperidine rings is 1. The molecule has 6 nitrogen and oxygen atoms in total. The largest absolute Gasteiger partial charge is 0.373 e. The third-order valence-corrected chi connectivity index (χ3v) is 5.97. The summed E-state index contributed by atoms with van der Waals surface area (Å²) in [5.41, 5.74) is 1.26.